The van der Waals surface area contributed by atoms with Gasteiger partial charge in [-0.15, -0.1) is 0 Å². The van der Waals surface area contributed by atoms with Crippen LogP contribution in [0.2, 0.25) is 0 Å². The van der Waals surface area contributed by atoms with E-state index in [9.17, 15) is 13.2 Å². The third-order valence-electron chi connectivity index (χ3n) is 6.34. The fourth-order valence-corrected chi connectivity index (χ4v) is 6.63. The van der Waals surface area contributed by atoms with Crippen molar-refractivity contribution in [3.05, 3.63) is 29.3 Å². The number of fused-ring (bicyclic) bond motifs is 1. The van der Waals surface area contributed by atoms with Gasteiger partial charge in [0, 0.05) is 18.7 Å². The minimum atomic E-state index is -2.83. The smallest absolute Gasteiger partial charge is 0.242 e. The summed E-state index contributed by atoms with van der Waals surface area (Å²) in [6.07, 6.45) is 2.96. The van der Waals surface area contributed by atoms with Gasteiger partial charge in [0.05, 0.1) is 38.5 Å². The third kappa shape index (κ3) is 4.14. The van der Waals surface area contributed by atoms with E-state index in [0.717, 1.165) is 52.0 Å². The standard InChI is InChI=1S/C20H29N3O3S/c1-16-4-5-19-17(13-16)3-2-7-23(19)14-20(24)22-10-8-21(9-11-22)18-6-12-27(25,26)15-18/h4-5,13,18H,2-3,6-12,14-15H2,1H3/p+1/t18-/m1/s1. The van der Waals surface area contributed by atoms with Gasteiger partial charge in [-0.2, -0.15) is 0 Å². The third-order valence-corrected chi connectivity index (χ3v) is 8.11. The molecule has 3 aliphatic heterocycles. The van der Waals surface area contributed by atoms with Crippen LogP contribution < -0.4 is 9.80 Å². The van der Waals surface area contributed by atoms with Crippen molar-refractivity contribution in [3.63, 3.8) is 0 Å². The van der Waals surface area contributed by atoms with E-state index in [1.165, 1.54) is 21.7 Å². The van der Waals surface area contributed by atoms with Crippen LogP contribution in [-0.2, 0) is 21.1 Å². The first-order chi connectivity index (χ1) is 12.9. The Morgan fingerprint density at radius 3 is 2.70 bits per heavy atom. The first-order valence-corrected chi connectivity index (χ1v) is 11.9. The normalized spacial score (nSPS) is 25.4. The molecule has 0 saturated carbocycles. The summed E-state index contributed by atoms with van der Waals surface area (Å²) in [4.78, 5) is 18.4. The van der Waals surface area contributed by atoms with Gasteiger partial charge in [0.15, 0.2) is 9.84 Å². The van der Waals surface area contributed by atoms with Gasteiger partial charge in [0.2, 0.25) is 5.91 Å². The molecule has 0 spiro atoms. The first-order valence-electron chi connectivity index (χ1n) is 10.1. The zero-order chi connectivity index (χ0) is 19.0. The zero-order valence-corrected chi connectivity index (χ0v) is 16.9. The number of sulfone groups is 1. The number of nitrogens with zero attached hydrogens (tertiary/aromatic N) is 2. The fourth-order valence-electron chi connectivity index (χ4n) is 4.80. The molecule has 3 aliphatic rings. The maximum Gasteiger partial charge on any atom is 0.242 e. The maximum absolute atomic E-state index is 12.9. The molecule has 2 saturated heterocycles. The first kappa shape index (κ1) is 18.7. The summed E-state index contributed by atoms with van der Waals surface area (Å²) >= 11 is 0. The molecule has 3 heterocycles. The Bertz CT molecular complexity index is 816. The molecule has 0 aromatic heterocycles. The summed E-state index contributed by atoms with van der Waals surface area (Å²) in [5, 5.41) is 0. The molecule has 148 valence electrons. The molecule has 2 fully saturated rings. The summed E-state index contributed by atoms with van der Waals surface area (Å²) in [5.41, 5.74) is 3.83. The molecule has 6 nitrogen and oxygen atoms in total. The number of piperazine rings is 1. The Labute approximate surface area is 162 Å². The Hall–Kier alpha value is -1.60. The SMILES string of the molecule is Cc1ccc2c(c1)CCCN2CC(=O)N1CC[NH+]([C@@H]2CCS(=O)(=O)C2)CC1. The number of carbonyl (C=O) groups is 1. The topological polar surface area (TPSA) is 62.1 Å². The second-order valence-electron chi connectivity index (χ2n) is 8.30. The largest absolute Gasteiger partial charge is 0.362 e. The van der Waals surface area contributed by atoms with E-state index in [4.69, 9.17) is 0 Å². The van der Waals surface area contributed by atoms with Crippen molar-refractivity contribution in [2.45, 2.75) is 32.2 Å². The number of anilines is 1. The number of nitrogens with one attached hydrogen (secondary N) is 1. The quantitative estimate of drug-likeness (QED) is 0.765. The summed E-state index contributed by atoms with van der Waals surface area (Å²) in [5.74, 6) is 0.847. The van der Waals surface area contributed by atoms with Crippen LogP contribution in [-0.4, -0.2) is 76.0 Å². The van der Waals surface area contributed by atoms with Gasteiger partial charge in [-0.05, 0) is 31.4 Å². The number of amides is 1. The predicted molar refractivity (Wildman–Crippen MR) is 106 cm³/mol. The Morgan fingerprint density at radius 1 is 1.22 bits per heavy atom. The Morgan fingerprint density at radius 2 is 2.00 bits per heavy atom. The van der Waals surface area contributed by atoms with Crippen LogP contribution in [0.4, 0.5) is 5.69 Å². The minimum Gasteiger partial charge on any atom is -0.362 e. The van der Waals surface area contributed by atoms with Crippen LogP contribution in [0, 0.1) is 6.92 Å². The molecule has 0 bridgehead atoms. The number of hydrogen-bond acceptors (Lipinski definition) is 4. The van der Waals surface area contributed by atoms with E-state index in [2.05, 4.69) is 30.0 Å². The van der Waals surface area contributed by atoms with Crippen molar-refractivity contribution >= 4 is 21.4 Å². The van der Waals surface area contributed by atoms with Crippen LogP contribution in [0.25, 0.3) is 0 Å². The summed E-state index contributed by atoms with van der Waals surface area (Å²) in [7, 11) is -2.83. The highest BCUT2D eigenvalue weighted by Crippen LogP contribution is 2.27. The number of carbonyl (C=O) groups excluding carboxylic acids is 1. The van der Waals surface area contributed by atoms with Gasteiger partial charge in [0.25, 0.3) is 0 Å². The van der Waals surface area contributed by atoms with Crippen molar-refractivity contribution in [1.29, 1.82) is 0 Å². The second-order valence-corrected chi connectivity index (χ2v) is 10.5. The van der Waals surface area contributed by atoms with Crippen LogP contribution >= 0.6 is 0 Å². The molecule has 1 N–H and O–H groups in total. The van der Waals surface area contributed by atoms with Crippen molar-refractivity contribution in [2.75, 3.05) is 55.7 Å². The molecule has 1 atom stereocenters. The average molecular weight is 393 g/mol. The van der Waals surface area contributed by atoms with E-state index in [1.807, 2.05) is 4.90 Å². The van der Waals surface area contributed by atoms with E-state index >= 15 is 0 Å². The van der Waals surface area contributed by atoms with E-state index in [0.29, 0.717) is 18.1 Å². The van der Waals surface area contributed by atoms with Gasteiger partial charge >= 0.3 is 0 Å². The number of hydrogen-bond donors (Lipinski definition) is 1. The van der Waals surface area contributed by atoms with Gasteiger partial charge < -0.3 is 14.7 Å². The summed E-state index contributed by atoms with van der Waals surface area (Å²) < 4.78 is 23.4. The molecule has 0 aliphatic carbocycles. The van der Waals surface area contributed by atoms with E-state index < -0.39 is 9.84 Å². The molecule has 1 aromatic carbocycles. The number of aryl methyl sites for hydroxylation is 2. The highest BCUT2D eigenvalue weighted by molar-refractivity contribution is 7.91. The molecule has 0 unspecified atom stereocenters. The highest BCUT2D eigenvalue weighted by Gasteiger charge is 2.37. The Kier molecular flexibility index (Phi) is 5.16. The monoisotopic (exact) mass is 392 g/mol. The van der Waals surface area contributed by atoms with Gasteiger partial charge in [-0.25, -0.2) is 8.42 Å². The molecule has 27 heavy (non-hydrogen) atoms. The van der Waals surface area contributed by atoms with E-state index in [1.54, 1.807) is 0 Å². The van der Waals surface area contributed by atoms with Crippen molar-refractivity contribution in [3.8, 4) is 0 Å². The van der Waals surface area contributed by atoms with Gasteiger partial charge in [-0.1, -0.05) is 17.7 Å². The number of benzene rings is 1. The summed E-state index contributed by atoms with van der Waals surface area (Å²) in [6, 6.07) is 6.74. The lowest BCUT2D eigenvalue weighted by Gasteiger charge is -2.37. The van der Waals surface area contributed by atoms with Crippen molar-refractivity contribution < 1.29 is 18.1 Å². The van der Waals surface area contributed by atoms with Crippen molar-refractivity contribution in [2.24, 2.45) is 0 Å². The van der Waals surface area contributed by atoms with Crippen LogP contribution in [0.3, 0.4) is 0 Å². The Balaban J connectivity index is 1.33. The van der Waals surface area contributed by atoms with Crippen molar-refractivity contribution in [1.82, 2.24) is 4.90 Å². The molecule has 4 rings (SSSR count). The fraction of sp³-hybridized carbons (Fsp3) is 0.650. The molecule has 1 aromatic rings. The van der Waals surface area contributed by atoms with Crippen LogP contribution in [0.1, 0.15) is 24.0 Å². The van der Waals surface area contributed by atoms with Gasteiger partial charge in [0.1, 0.15) is 11.8 Å². The molecule has 0 radical (unpaired) electrons. The highest BCUT2D eigenvalue weighted by atomic mass is 32.2. The average Bonchev–Trinajstić information content (AvgIpc) is 3.01. The maximum atomic E-state index is 12.9. The van der Waals surface area contributed by atoms with E-state index in [-0.39, 0.29) is 11.9 Å². The zero-order valence-electron chi connectivity index (χ0n) is 16.1. The van der Waals surface area contributed by atoms with Crippen LogP contribution in [0.5, 0.6) is 0 Å². The lowest BCUT2D eigenvalue weighted by atomic mass is 9.99. The number of quaternary nitrogens is 1. The molecule has 7 heteroatoms. The molecule has 1 amide bonds. The lowest BCUT2D eigenvalue weighted by molar-refractivity contribution is -0.925. The second kappa shape index (κ2) is 7.43. The molecular formula is C20H30N3O3S+. The number of rotatable bonds is 3. The lowest BCUT2D eigenvalue weighted by Crippen LogP contribution is -3.18. The van der Waals surface area contributed by atoms with Crippen LogP contribution in [0.15, 0.2) is 18.2 Å². The summed E-state index contributed by atoms with van der Waals surface area (Å²) in [6.45, 7) is 6.69. The molecular weight excluding hydrogens is 362 g/mol. The van der Waals surface area contributed by atoms with Gasteiger partial charge in [-0.3, -0.25) is 4.79 Å². The minimum absolute atomic E-state index is 0.196. The predicted octanol–water partition coefficient (Wildman–Crippen LogP) is -0.338.